The fourth-order valence-electron chi connectivity index (χ4n) is 5.34. The van der Waals surface area contributed by atoms with Crippen molar-refractivity contribution in [2.24, 2.45) is 0 Å². The Kier molecular flexibility index (Phi) is 12.1. The Bertz CT molecular complexity index is 1490. The highest BCUT2D eigenvalue weighted by Crippen LogP contribution is 2.41. The van der Waals surface area contributed by atoms with Gasteiger partial charge in [-0.3, -0.25) is 14.4 Å². The summed E-state index contributed by atoms with van der Waals surface area (Å²) in [5.74, 6) is 0.584. The minimum atomic E-state index is -0.903. The van der Waals surface area contributed by atoms with E-state index in [0.717, 1.165) is 33.3 Å². The summed E-state index contributed by atoms with van der Waals surface area (Å²) in [6.45, 7) is 2.41. The van der Waals surface area contributed by atoms with Crippen LogP contribution >= 0.6 is 0 Å². The summed E-state index contributed by atoms with van der Waals surface area (Å²) in [5.41, 5.74) is 2.66. The molecule has 0 unspecified atom stereocenters. The Balaban J connectivity index is 1.05. The van der Waals surface area contributed by atoms with Gasteiger partial charge in [-0.1, -0.05) is 66.7 Å². The Morgan fingerprint density at radius 3 is 1.36 bits per heavy atom. The molecule has 1 aliphatic rings. The minimum absolute atomic E-state index is 0.0616. The average molecular weight is 642 g/mol. The van der Waals surface area contributed by atoms with Crippen molar-refractivity contribution in [2.75, 3.05) is 67.1 Å². The highest BCUT2D eigenvalue weighted by molar-refractivity contribution is 6.20. The first-order valence-electron chi connectivity index (χ1n) is 15.4. The summed E-state index contributed by atoms with van der Waals surface area (Å²) >= 11 is 0. The van der Waals surface area contributed by atoms with E-state index in [1.54, 1.807) is 38.5 Å². The van der Waals surface area contributed by atoms with Crippen LogP contribution in [-0.4, -0.2) is 84.0 Å². The number of imide groups is 1. The lowest BCUT2D eigenvalue weighted by molar-refractivity contribution is -0.108. The van der Waals surface area contributed by atoms with Gasteiger partial charge in [0.2, 0.25) is 0 Å². The van der Waals surface area contributed by atoms with Crippen molar-refractivity contribution in [3.8, 4) is 11.5 Å². The smallest absolute Gasteiger partial charge is 0.285 e. The van der Waals surface area contributed by atoms with Gasteiger partial charge < -0.3 is 28.4 Å². The van der Waals surface area contributed by atoms with E-state index in [4.69, 9.17) is 33.3 Å². The molecular formula is C37H39NO9. The van der Waals surface area contributed by atoms with E-state index in [1.165, 1.54) is 0 Å². The normalized spacial score (nSPS) is 12.8. The Hall–Kier alpha value is -4.58. The summed E-state index contributed by atoms with van der Waals surface area (Å²) in [7, 11) is 3.29. The molecular weight excluding hydrogens is 602 g/mol. The van der Waals surface area contributed by atoms with E-state index in [0.29, 0.717) is 50.8 Å². The van der Waals surface area contributed by atoms with Crippen LogP contribution in [0.2, 0.25) is 0 Å². The number of carbonyl (C=O) groups excluding carboxylic acids is 2. The van der Waals surface area contributed by atoms with Crippen molar-refractivity contribution in [3.63, 3.8) is 0 Å². The van der Waals surface area contributed by atoms with Crippen molar-refractivity contribution in [2.45, 2.75) is 5.60 Å². The molecule has 4 aromatic rings. The molecule has 10 nitrogen and oxygen atoms in total. The molecule has 0 fully saturated rings. The van der Waals surface area contributed by atoms with Gasteiger partial charge >= 0.3 is 0 Å². The number of ether oxygens (including phenoxy) is 6. The molecule has 0 saturated heterocycles. The lowest BCUT2D eigenvalue weighted by Gasteiger charge is -2.36. The van der Waals surface area contributed by atoms with Gasteiger partial charge in [0.25, 0.3) is 11.8 Å². The van der Waals surface area contributed by atoms with E-state index in [-0.39, 0.29) is 13.2 Å². The van der Waals surface area contributed by atoms with Crippen molar-refractivity contribution >= 4 is 11.8 Å². The fourth-order valence-corrected chi connectivity index (χ4v) is 5.34. The number of hydroxylamine groups is 2. The molecule has 246 valence electrons. The topological polar surface area (TPSA) is 102 Å². The fraction of sp³-hybridized carbons (Fsp3) is 0.297. The van der Waals surface area contributed by atoms with E-state index in [2.05, 4.69) is 12.1 Å². The van der Waals surface area contributed by atoms with Crippen LogP contribution in [0, 0.1) is 0 Å². The number of benzene rings is 4. The van der Waals surface area contributed by atoms with Crippen LogP contribution in [-0.2, 0) is 29.4 Å². The molecule has 0 spiro atoms. The predicted octanol–water partition coefficient (Wildman–Crippen LogP) is 5.29. The summed E-state index contributed by atoms with van der Waals surface area (Å²) < 4.78 is 34.5. The molecule has 4 aromatic carbocycles. The Morgan fingerprint density at radius 1 is 0.489 bits per heavy atom. The second kappa shape index (κ2) is 16.8. The molecule has 0 radical (unpaired) electrons. The van der Waals surface area contributed by atoms with Crippen molar-refractivity contribution in [1.82, 2.24) is 5.06 Å². The molecule has 1 aliphatic heterocycles. The van der Waals surface area contributed by atoms with Crippen LogP contribution in [0.1, 0.15) is 37.4 Å². The summed E-state index contributed by atoms with van der Waals surface area (Å²) in [4.78, 5) is 30.0. The Labute approximate surface area is 274 Å². The molecule has 0 saturated carbocycles. The highest BCUT2D eigenvalue weighted by atomic mass is 16.7. The molecule has 0 bridgehead atoms. The quantitative estimate of drug-likeness (QED) is 0.0768. The van der Waals surface area contributed by atoms with Crippen LogP contribution in [0.15, 0.2) is 103 Å². The SMILES string of the molecule is COc1ccc(C(OCCOCCOCCOCCON2C(=O)c3ccccc3C2=O)(c2ccccc2)c2ccc(OC)cc2)cc1. The van der Waals surface area contributed by atoms with Crippen LogP contribution in [0.3, 0.4) is 0 Å². The van der Waals surface area contributed by atoms with E-state index in [9.17, 15) is 9.59 Å². The molecule has 0 aliphatic carbocycles. The van der Waals surface area contributed by atoms with Crippen LogP contribution in [0.4, 0.5) is 0 Å². The summed E-state index contributed by atoms with van der Waals surface area (Å²) in [6.07, 6.45) is 0. The van der Waals surface area contributed by atoms with Gasteiger partial charge in [0.1, 0.15) is 17.1 Å². The van der Waals surface area contributed by atoms with Crippen molar-refractivity contribution < 1.29 is 42.8 Å². The van der Waals surface area contributed by atoms with Gasteiger partial charge in [0.15, 0.2) is 0 Å². The number of rotatable bonds is 19. The predicted molar refractivity (Wildman–Crippen MR) is 174 cm³/mol. The summed E-state index contributed by atoms with van der Waals surface area (Å²) in [5, 5.41) is 0.781. The number of carbonyl (C=O) groups is 2. The molecule has 0 atom stereocenters. The van der Waals surface area contributed by atoms with Crippen LogP contribution in [0.5, 0.6) is 11.5 Å². The largest absolute Gasteiger partial charge is 0.497 e. The number of methoxy groups -OCH3 is 2. The highest BCUT2D eigenvalue weighted by Gasteiger charge is 2.38. The third kappa shape index (κ3) is 8.05. The van der Waals surface area contributed by atoms with E-state index in [1.807, 2.05) is 66.7 Å². The zero-order valence-corrected chi connectivity index (χ0v) is 26.6. The Morgan fingerprint density at radius 2 is 0.894 bits per heavy atom. The maximum absolute atomic E-state index is 12.3. The monoisotopic (exact) mass is 641 g/mol. The van der Waals surface area contributed by atoms with Crippen LogP contribution in [0.25, 0.3) is 0 Å². The zero-order chi connectivity index (χ0) is 32.9. The number of hydrogen-bond acceptors (Lipinski definition) is 9. The second-order valence-corrected chi connectivity index (χ2v) is 10.5. The first-order chi connectivity index (χ1) is 23.1. The number of fused-ring (bicyclic) bond motifs is 1. The van der Waals surface area contributed by atoms with Gasteiger partial charge in [-0.25, -0.2) is 0 Å². The molecule has 5 rings (SSSR count). The summed E-state index contributed by atoms with van der Waals surface area (Å²) in [6, 6.07) is 32.5. The lowest BCUT2D eigenvalue weighted by atomic mass is 9.80. The van der Waals surface area contributed by atoms with Crippen LogP contribution < -0.4 is 9.47 Å². The van der Waals surface area contributed by atoms with Gasteiger partial charge in [0, 0.05) is 0 Å². The average Bonchev–Trinajstić information content (AvgIpc) is 3.37. The second-order valence-electron chi connectivity index (χ2n) is 10.5. The molecule has 2 amide bonds. The third-order valence-corrected chi connectivity index (χ3v) is 7.67. The van der Waals surface area contributed by atoms with E-state index < -0.39 is 17.4 Å². The molecule has 47 heavy (non-hydrogen) atoms. The zero-order valence-electron chi connectivity index (χ0n) is 26.6. The van der Waals surface area contributed by atoms with Gasteiger partial charge in [-0.15, -0.1) is 5.06 Å². The number of hydrogen-bond donors (Lipinski definition) is 0. The lowest BCUT2D eigenvalue weighted by Crippen LogP contribution is -2.34. The standard InChI is InChI=1S/C37H39NO9/c1-41-31-16-12-29(13-17-31)37(28-8-4-3-5-9-28,30-14-18-32(42-2)19-15-30)46-26-24-44-22-20-43-21-23-45-25-27-47-38-35(39)33-10-6-7-11-34(33)36(38)40/h3-19H,20-27H2,1-2H3. The first-order valence-corrected chi connectivity index (χ1v) is 15.4. The maximum Gasteiger partial charge on any atom is 0.285 e. The van der Waals surface area contributed by atoms with Crippen molar-refractivity contribution in [3.05, 3.63) is 131 Å². The molecule has 0 N–H and O–H groups in total. The molecule has 1 heterocycles. The molecule has 0 aromatic heterocycles. The van der Waals surface area contributed by atoms with Gasteiger partial charge in [0.05, 0.1) is 78.2 Å². The van der Waals surface area contributed by atoms with Gasteiger partial charge in [-0.2, -0.15) is 0 Å². The van der Waals surface area contributed by atoms with Crippen molar-refractivity contribution in [1.29, 1.82) is 0 Å². The first kappa shape index (κ1) is 33.8. The maximum atomic E-state index is 12.3. The molecule has 10 heteroatoms. The number of amides is 2. The number of nitrogens with zero attached hydrogens (tertiary/aromatic N) is 1. The third-order valence-electron chi connectivity index (χ3n) is 7.67. The van der Waals surface area contributed by atoms with E-state index >= 15 is 0 Å². The van der Waals surface area contributed by atoms with Gasteiger partial charge in [-0.05, 0) is 53.1 Å². The minimum Gasteiger partial charge on any atom is -0.497 e.